The van der Waals surface area contributed by atoms with E-state index in [9.17, 15) is 0 Å². The summed E-state index contributed by atoms with van der Waals surface area (Å²) in [6.07, 6.45) is 6.95. The van der Waals surface area contributed by atoms with Gasteiger partial charge in [0.2, 0.25) is 0 Å². The van der Waals surface area contributed by atoms with Gasteiger partial charge in [0.25, 0.3) is 0 Å². The molecule has 0 unspecified atom stereocenters. The van der Waals surface area contributed by atoms with Gasteiger partial charge in [-0.05, 0) is 56.3 Å². The van der Waals surface area contributed by atoms with Crippen molar-refractivity contribution in [2.24, 2.45) is 0 Å². The van der Waals surface area contributed by atoms with Crippen molar-refractivity contribution in [2.75, 3.05) is 0 Å². The molecule has 0 heteroatoms. The van der Waals surface area contributed by atoms with Crippen molar-refractivity contribution in [3.05, 3.63) is 65.7 Å². The van der Waals surface area contributed by atoms with Crippen LogP contribution in [0, 0.1) is 0 Å². The molecular weight excluding hydrogens is 240 g/mol. The maximum Gasteiger partial charge on any atom is -0.00206 e. The van der Waals surface area contributed by atoms with Crippen LogP contribution in [-0.4, -0.2) is 0 Å². The first-order chi connectivity index (χ1) is 9.92. The van der Waals surface area contributed by atoms with Crippen LogP contribution in [-0.2, 0) is 6.42 Å². The highest BCUT2D eigenvalue weighted by Crippen LogP contribution is 2.38. The Labute approximate surface area is 117 Å². The van der Waals surface area contributed by atoms with E-state index in [-0.39, 0.29) is 0 Å². The summed E-state index contributed by atoms with van der Waals surface area (Å²) < 4.78 is 0. The van der Waals surface area contributed by atoms with Gasteiger partial charge < -0.3 is 0 Å². The Balaban J connectivity index is 2.14. The van der Waals surface area contributed by atoms with Crippen LogP contribution in [0.4, 0.5) is 0 Å². The lowest BCUT2D eigenvalue weighted by molar-refractivity contribution is 0.992. The van der Waals surface area contributed by atoms with Crippen LogP contribution in [0.25, 0.3) is 38.4 Å². The van der Waals surface area contributed by atoms with E-state index in [0.29, 0.717) is 0 Å². The molecule has 0 bridgehead atoms. The van der Waals surface area contributed by atoms with Crippen molar-refractivity contribution in [3.8, 4) is 0 Å². The third kappa shape index (κ3) is 1.21. The van der Waals surface area contributed by atoms with Crippen LogP contribution in [0.1, 0.15) is 17.5 Å². The van der Waals surface area contributed by atoms with Crippen molar-refractivity contribution in [3.63, 3.8) is 0 Å². The van der Waals surface area contributed by atoms with Crippen molar-refractivity contribution < 1.29 is 0 Å². The summed E-state index contributed by atoms with van der Waals surface area (Å²) in [5, 5.41) is 8.35. The zero-order valence-corrected chi connectivity index (χ0v) is 11.2. The molecule has 0 heterocycles. The molecule has 20 heavy (non-hydrogen) atoms. The van der Waals surface area contributed by atoms with Gasteiger partial charge in [-0.3, -0.25) is 0 Å². The van der Waals surface area contributed by atoms with Gasteiger partial charge in [-0.1, -0.05) is 60.7 Å². The van der Waals surface area contributed by atoms with E-state index in [4.69, 9.17) is 0 Å². The second-order valence-electron chi connectivity index (χ2n) is 5.75. The van der Waals surface area contributed by atoms with Gasteiger partial charge in [-0.2, -0.15) is 0 Å². The Morgan fingerprint density at radius 3 is 2.45 bits per heavy atom. The first-order valence-electron chi connectivity index (χ1n) is 7.28. The number of hydrogen-bond acceptors (Lipinski definition) is 0. The highest BCUT2D eigenvalue weighted by Gasteiger charge is 2.14. The molecule has 0 saturated carbocycles. The van der Waals surface area contributed by atoms with E-state index >= 15 is 0 Å². The van der Waals surface area contributed by atoms with Crippen LogP contribution in [0.3, 0.4) is 0 Å². The third-order valence-corrected chi connectivity index (χ3v) is 4.64. The molecule has 0 amide bonds. The quantitative estimate of drug-likeness (QED) is 0.361. The minimum atomic E-state index is 1.17. The molecule has 0 aliphatic heterocycles. The normalized spacial score (nSPS) is 14.4. The van der Waals surface area contributed by atoms with Crippen LogP contribution < -0.4 is 0 Å². The Bertz CT molecular complexity index is 973. The molecule has 1 aliphatic carbocycles. The number of allylic oxidation sites excluding steroid dienone is 1. The molecule has 0 N–H and O–H groups in total. The van der Waals surface area contributed by atoms with E-state index in [1.54, 1.807) is 0 Å². The van der Waals surface area contributed by atoms with E-state index in [1.165, 1.54) is 56.3 Å². The van der Waals surface area contributed by atoms with Crippen molar-refractivity contribution in [2.45, 2.75) is 12.8 Å². The van der Waals surface area contributed by atoms with Gasteiger partial charge in [-0.15, -0.1) is 0 Å². The molecule has 0 atom stereocenters. The summed E-state index contributed by atoms with van der Waals surface area (Å²) in [5.41, 5.74) is 2.93. The molecule has 0 spiro atoms. The molecule has 0 aromatic heterocycles. The minimum Gasteiger partial charge on any atom is -0.0836 e. The topological polar surface area (TPSA) is 0 Å². The van der Waals surface area contributed by atoms with Crippen molar-refractivity contribution in [1.82, 2.24) is 0 Å². The molecule has 5 rings (SSSR count). The Morgan fingerprint density at radius 1 is 0.750 bits per heavy atom. The minimum absolute atomic E-state index is 1.17. The fourth-order valence-corrected chi connectivity index (χ4v) is 3.74. The summed E-state index contributed by atoms with van der Waals surface area (Å²) >= 11 is 0. The molecule has 0 nitrogen and oxygen atoms in total. The predicted molar refractivity (Wildman–Crippen MR) is 87.5 cm³/mol. The van der Waals surface area contributed by atoms with E-state index in [1.807, 2.05) is 0 Å². The zero-order chi connectivity index (χ0) is 13.1. The van der Waals surface area contributed by atoms with Gasteiger partial charge >= 0.3 is 0 Å². The lowest BCUT2D eigenvalue weighted by Crippen LogP contribution is -1.96. The first-order valence-corrected chi connectivity index (χ1v) is 7.28. The van der Waals surface area contributed by atoms with Crippen molar-refractivity contribution in [1.29, 1.82) is 0 Å². The summed E-state index contributed by atoms with van der Waals surface area (Å²) in [5.74, 6) is 0. The number of fused-ring (bicyclic) bond motifs is 2. The molecule has 0 saturated heterocycles. The third-order valence-electron chi connectivity index (χ3n) is 4.64. The molecule has 4 aromatic rings. The summed E-state index contributed by atoms with van der Waals surface area (Å²) in [7, 11) is 0. The predicted octanol–water partition coefficient (Wildman–Crippen LogP) is 5.54. The maximum absolute atomic E-state index is 2.40. The fourth-order valence-electron chi connectivity index (χ4n) is 3.74. The van der Waals surface area contributed by atoms with Crippen molar-refractivity contribution >= 4 is 38.4 Å². The molecule has 94 valence electrons. The second-order valence-corrected chi connectivity index (χ2v) is 5.75. The summed E-state index contributed by atoms with van der Waals surface area (Å²) in [4.78, 5) is 0. The van der Waals surface area contributed by atoms with Gasteiger partial charge in [0.1, 0.15) is 0 Å². The van der Waals surface area contributed by atoms with Gasteiger partial charge in [0, 0.05) is 0 Å². The second kappa shape index (κ2) is 3.61. The first kappa shape index (κ1) is 10.4. The SMILES string of the molecule is C1=Cc2c(cc3ccc4cccc5ccc2c3c45)CC1. The number of rotatable bonds is 0. The Morgan fingerprint density at radius 2 is 1.55 bits per heavy atom. The van der Waals surface area contributed by atoms with Gasteiger partial charge in [0.05, 0.1) is 0 Å². The Hall–Kier alpha value is -2.34. The average Bonchev–Trinajstić information content (AvgIpc) is 2.52. The van der Waals surface area contributed by atoms with E-state index in [0.717, 1.165) is 0 Å². The molecule has 0 radical (unpaired) electrons. The van der Waals surface area contributed by atoms with Crippen LogP contribution in [0.2, 0.25) is 0 Å². The highest BCUT2D eigenvalue weighted by molar-refractivity contribution is 6.24. The standard InChI is InChI=1S/C20H14/c1-2-7-17-15(4-1)12-16-9-8-13-5-3-6-14-10-11-18(17)20(16)19(13)14/h2-3,5-12H,1,4H2. The van der Waals surface area contributed by atoms with E-state index in [2.05, 4.69) is 60.7 Å². The molecular formula is C20H14. The van der Waals surface area contributed by atoms with E-state index < -0.39 is 0 Å². The molecule has 0 fully saturated rings. The lowest BCUT2D eigenvalue weighted by atomic mass is 9.86. The van der Waals surface area contributed by atoms with Crippen LogP contribution in [0.15, 0.2) is 54.6 Å². The smallest absolute Gasteiger partial charge is 0.00206 e. The van der Waals surface area contributed by atoms with Crippen LogP contribution in [0.5, 0.6) is 0 Å². The zero-order valence-electron chi connectivity index (χ0n) is 11.2. The number of hydrogen-bond donors (Lipinski definition) is 0. The summed E-state index contributed by atoms with van der Waals surface area (Å²) in [6, 6.07) is 18.1. The number of aryl methyl sites for hydroxylation is 1. The van der Waals surface area contributed by atoms with Gasteiger partial charge in [0.15, 0.2) is 0 Å². The lowest BCUT2D eigenvalue weighted by Gasteiger charge is -2.17. The van der Waals surface area contributed by atoms with Crippen LogP contribution >= 0.6 is 0 Å². The fraction of sp³-hybridized carbons (Fsp3) is 0.100. The highest BCUT2D eigenvalue weighted by atomic mass is 14.2. The monoisotopic (exact) mass is 254 g/mol. The number of benzene rings is 4. The largest absolute Gasteiger partial charge is 0.0836 e. The molecule has 4 aromatic carbocycles. The maximum atomic E-state index is 2.40. The Kier molecular flexibility index (Phi) is 1.88. The summed E-state index contributed by atoms with van der Waals surface area (Å²) in [6.45, 7) is 0. The average molecular weight is 254 g/mol. The molecule has 1 aliphatic rings. The van der Waals surface area contributed by atoms with Gasteiger partial charge in [-0.25, -0.2) is 0 Å².